The SMILES string of the molecule is F.F.F.[AsH3].[Ca+2].[F-].[F-]. The summed E-state index contributed by atoms with van der Waals surface area (Å²) in [6.07, 6.45) is 0. The van der Waals surface area contributed by atoms with Crippen molar-refractivity contribution in [1.82, 2.24) is 0 Å². The third-order valence-corrected chi connectivity index (χ3v) is 0. The van der Waals surface area contributed by atoms with Crippen LogP contribution in [0.4, 0.5) is 14.1 Å². The van der Waals surface area contributed by atoms with Gasteiger partial charge in [-0.1, -0.05) is 0 Å². The van der Waals surface area contributed by atoms with E-state index in [1.165, 1.54) is 0 Å². The van der Waals surface area contributed by atoms with Gasteiger partial charge in [0.25, 0.3) is 0 Å². The Labute approximate surface area is 78.6 Å². The summed E-state index contributed by atoms with van der Waals surface area (Å²) >= 11 is 0. The smallest absolute Gasteiger partial charge is 1.00 e. The van der Waals surface area contributed by atoms with Crippen molar-refractivity contribution in [3.8, 4) is 0 Å². The molecule has 0 aliphatic heterocycles. The predicted octanol–water partition coefficient (Wildman–Crippen LogP) is -7.10. The first-order valence-corrected chi connectivity index (χ1v) is 0. The van der Waals surface area contributed by atoms with Crippen molar-refractivity contribution in [2.24, 2.45) is 0 Å². The molecule has 0 amide bonds. The molecule has 0 saturated carbocycles. The molecular formula is H6AsCaF5. The molecule has 0 aliphatic rings. The Morgan fingerprint density at radius 2 is 0.571 bits per heavy atom. The molecule has 0 aromatic rings. The number of hydrogen-bond acceptors (Lipinski definition) is 0. The van der Waals surface area contributed by atoms with E-state index >= 15 is 0 Å². The molecule has 1 atom stereocenters. The van der Waals surface area contributed by atoms with Crippen molar-refractivity contribution in [1.29, 1.82) is 0 Å². The zero-order valence-corrected chi connectivity index (χ0v) is 8.57. The average molecular weight is 216 g/mol. The fraction of sp³-hybridized carbons (Fsp3) is 0. The van der Waals surface area contributed by atoms with Gasteiger partial charge in [-0.15, -0.1) is 0 Å². The van der Waals surface area contributed by atoms with E-state index in [1.807, 2.05) is 0 Å². The van der Waals surface area contributed by atoms with E-state index in [2.05, 4.69) is 0 Å². The summed E-state index contributed by atoms with van der Waals surface area (Å²) in [5.41, 5.74) is 0. The van der Waals surface area contributed by atoms with E-state index < -0.39 is 0 Å². The molecule has 0 nitrogen and oxygen atoms in total. The van der Waals surface area contributed by atoms with Crippen LogP contribution < -0.4 is 9.41 Å². The molecular weight excluding hydrogens is 210 g/mol. The minimum Gasteiger partial charge on any atom is -1.00 e. The molecule has 0 heterocycles. The Morgan fingerprint density at radius 1 is 0.571 bits per heavy atom. The Balaban J connectivity index is 0. The molecule has 0 rings (SSSR count). The summed E-state index contributed by atoms with van der Waals surface area (Å²) < 4.78 is 0. The first kappa shape index (κ1) is 219. The van der Waals surface area contributed by atoms with Crippen LogP contribution in [0.25, 0.3) is 0 Å². The van der Waals surface area contributed by atoms with Gasteiger partial charge in [0, 0.05) is 0 Å². The maximum atomic E-state index is 0. The quantitative estimate of drug-likeness (QED) is 0.279. The number of halogens is 5. The van der Waals surface area contributed by atoms with Gasteiger partial charge in [0.05, 0.1) is 0 Å². The number of rotatable bonds is 0. The second kappa shape index (κ2) is 145. The van der Waals surface area contributed by atoms with Crippen LogP contribution in [-0.4, -0.2) is 55.7 Å². The second-order valence-electron chi connectivity index (χ2n) is 0. The van der Waals surface area contributed by atoms with Crippen molar-refractivity contribution in [3.63, 3.8) is 0 Å². The van der Waals surface area contributed by atoms with Gasteiger partial charge in [-0.3, -0.25) is 14.1 Å². The zero-order valence-electron chi connectivity index (χ0n) is 3.39. The van der Waals surface area contributed by atoms with Crippen LogP contribution in [0.2, 0.25) is 0 Å². The van der Waals surface area contributed by atoms with Crippen LogP contribution in [-0.2, 0) is 0 Å². The maximum Gasteiger partial charge on any atom is 2.00 e. The van der Waals surface area contributed by atoms with Crippen LogP contribution in [0.3, 0.4) is 0 Å². The van der Waals surface area contributed by atoms with Crippen LogP contribution in [0.15, 0.2) is 0 Å². The molecule has 0 spiro atoms. The van der Waals surface area contributed by atoms with Gasteiger partial charge in [-0.2, -0.15) is 0 Å². The molecule has 48 valence electrons. The Kier molecular flexibility index (Phi) is 4540. The molecule has 0 radical (unpaired) electrons. The van der Waals surface area contributed by atoms with Gasteiger partial charge in [0.2, 0.25) is 0 Å². The summed E-state index contributed by atoms with van der Waals surface area (Å²) in [6, 6.07) is 0. The van der Waals surface area contributed by atoms with Gasteiger partial charge in [-0.25, -0.2) is 0 Å². The topological polar surface area (TPSA) is 0 Å². The first-order chi connectivity index (χ1) is 0. The molecule has 0 N–H and O–H groups in total. The standard InChI is InChI=1S/AsH3.Ca.5FH/h1H3;;5*1H/q;+2;;;;;/p-2. The van der Waals surface area contributed by atoms with Crippen LogP contribution in [0, 0.1) is 0 Å². The minimum atomic E-state index is 0. The molecule has 0 aromatic heterocycles. The fourth-order valence-corrected chi connectivity index (χ4v) is 0. The summed E-state index contributed by atoms with van der Waals surface area (Å²) in [5.74, 6) is 0. The number of hydrogen-bond donors (Lipinski definition) is 0. The van der Waals surface area contributed by atoms with Gasteiger partial charge >= 0.3 is 55.7 Å². The zero-order chi connectivity index (χ0) is 0. The summed E-state index contributed by atoms with van der Waals surface area (Å²) in [6.45, 7) is 0. The van der Waals surface area contributed by atoms with E-state index in [4.69, 9.17) is 0 Å². The summed E-state index contributed by atoms with van der Waals surface area (Å²) in [4.78, 5) is 0. The van der Waals surface area contributed by atoms with Crippen LogP contribution in [0.1, 0.15) is 0 Å². The predicted molar refractivity (Wildman–Crippen MR) is 23.2 cm³/mol. The molecule has 1 unspecified atom stereocenters. The third kappa shape index (κ3) is 104. The Bertz CT molecular complexity index is 8.04. The van der Waals surface area contributed by atoms with Crippen molar-refractivity contribution in [2.75, 3.05) is 0 Å². The summed E-state index contributed by atoms with van der Waals surface area (Å²) in [7, 11) is 0. The van der Waals surface area contributed by atoms with Crippen molar-refractivity contribution >= 4 is 55.7 Å². The second-order valence-corrected chi connectivity index (χ2v) is 0. The van der Waals surface area contributed by atoms with Crippen molar-refractivity contribution in [3.05, 3.63) is 0 Å². The molecule has 0 aromatic carbocycles. The van der Waals surface area contributed by atoms with Crippen molar-refractivity contribution < 1.29 is 23.5 Å². The van der Waals surface area contributed by atoms with E-state index in [1.54, 1.807) is 0 Å². The van der Waals surface area contributed by atoms with Crippen molar-refractivity contribution in [2.45, 2.75) is 0 Å². The molecule has 7 heteroatoms. The monoisotopic (exact) mass is 216 g/mol. The summed E-state index contributed by atoms with van der Waals surface area (Å²) in [5, 5.41) is 0. The molecule has 0 saturated heterocycles. The van der Waals surface area contributed by atoms with E-state index in [-0.39, 0.29) is 79.2 Å². The van der Waals surface area contributed by atoms with Gasteiger partial charge in [0.1, 0.15) is 0 Å². The van der Waals surface area contributed by atoms with Crippen LogP contribution in [0.5, 0.6) is 0 Å². The molecule has 7 heavy (non-hydrogen) atoms. The first-order valence-electron chi connectivity index (χ1n) is 0. The van der Waals surface area contributed by atoms with Gasteiger partial charge in [-0.05, 0) is 0 Å². The fourth-order valence-electron chi connectivity index (χ4n) is 0. The van der Waals surface area contributed by atoms with Gasteiger partial charge in [0.15, 0.2) is 0 Å². The van der Waals surface area contributed by atoms with E-state index in [0.29, 0.717) is 0 Å². The van der Waals surface area contributed by atoms with E-state index in [9.17, 15) is 0 Å². The Hall–Kier alpha value is 1.47. The largest absolute Gasteiger partial charge is 2.00 e. The molecule has 0 aliphatic carbocycles. The van der Waals surface area contributed by atoms with Crippen LogP contribution >= 0.6 is 0 Å². The van der Waals surface area contributed by atoms with E-state index in [0.717, 1.165) is 0 Å². The normalized spacial score (nSPS) is 0. The molecule has 0 bridgehead atoms. The third-order valence-electron chi connectivity index (χ3n) is 0. The molecule has 0 fully saturated rings. The van der Waals surface area contributed by atoms with Gasteiger partial charge < -0.3 is 9.41 Å². The maximum absolute atomic E-state index is 0. The minimum absolute atomic E-state index is 0. The average Bonchev–Trinajstić information content (AvgIpc) is 0. The Morgan fingerprint density at radius 3 is 0.571 bits per heavy atom.